The van der Waals surface area contributed by atoms with E-state index in [-0.39, 0.29) is 23.3 Å². The van der Waals surface area contributed by atoms with Crippen molar-refractivity contribution >= 4 is 15.7 Å². The zero-order valence-corrected chi connectivity index (χ0v) is 17.9. The molecule has 4 rings (SSSR count). The fourth-order valence-corrected chi connectivity index (χ4v) is 6.37. The van der Waals surface area contributed by atoms with Crippen molar-refractivity contribution in [2.45, 2.75) is 37.7 Å². The minimum atomic E-state index is -2.96. The molecule has 29 heavy (non-hydrogen) atoms. The first-order chi connectivity index (χ1) is 13.9. The first-order valence-electron chi connectivity index (χ1n) is 10.3. The fourth-order valence-electron chi connectivity index (χ4n) is 4.88. The monoisotopic (exact) mass is 423 g/mol. The van der Waals surface area contributed by atoms with E-state index >= 15 is 0 Å². The van der Waals surface area contributed by atoms with E-state index in [4.69, 9.17) is 14.2 Å². The molecule has 3 heterocycles. The first kappa shape index (κ1) is 20.5. The molecule has 160 valence electrons. The minimum absolute atomic E-state index is 0.0955. The van der Waals surface area contributed by atoms with Gasteiger partial charge in [-0.15, -0.1) is 0 Å². The molecule has 2 fully saturated rings. The van der Waals surface area contributed by atoms with Gasteiger partial charge in [0, 0.05) is 19.0 Å². The van der Waals surface area contributed by atoms with Crippen LogP contribution < -0.4 is 9.47 Å². The number of amides is 1. The Morgan fingerprint density at radius 3 is 2.34 bits per heavy atom. The van der Waals surface area contributed by atoms with Crippen molar-refractivity contribution in [2.24, 2.45) is 5.92 Å². The highest BCUT2D eigenvalue weighted by molar-refractivity contribution is 7.91. The van der Waals surface area contributed by atoms with Crippen molar-refractivity contribution in [2.75, 3.05) is 45.4 Å². The van der Waals surface area contributed by atoms with Gasteiger partial charge in [0.15, 0.2) is 11.5 Å². The molecule has 3 aliphatic heterocycles. The smallest absolute Gasteiger partial charge is 0.225 e. The van der Waals surface area contributed by atoms with Crippen LogP contribution in [0.3, 0.4) is 0 Å². The number of sulfone groups is 1. The number of carbonyl (C=O) groups excluding carboxylic acids is 1. The maximum atomic E-state index is 12.9. The number of piperidine rings is 1. The highest BCUT2D eigenvalue weighted by Gasteiger charge is 2.43. The molecular formula is C21H29NO6S. The Morgan fingerprint density at radius 1 is 1.10 bits per heavy atom. The number of likely N-dealkylation sites (tertiary alicyclic amines) is 1. The molecule has 0 aromatic heterocycles. The Kier molecular flexibility index (Phi) is 5.50. The lowest BCUT2D eigenvalue weighted by Gasteiger charge is -2.46. The molecule has 1 aromatic carbocycles. The van der Waals surface area contributed by atoms with Crippen LogP contribution in [0.2, 0.25) is 0 Å². The number of nitrogens with zero attached hydrogens (tertiary/aromatic N) is 1. The molecule has 0 aliphatic carbocycles. The van der Waals surface area contributed by atoms with Gasteiger partial charge in [-0.1, -0.05) is 0 Å². The third-order valence-corrected chi connectivity index (χ3v) is 8.35. The highest BCUT2D eigenvalue weighted by atomic mass is 32.2. The normalized spacial score (nSPS) is 23.4. The minimum Gasteiger partial charge on any atom is -0.493 e. The van der Waals surface area contributed by atoms with Crippen molar-refractivity contribution in [3.8, 4) is 11.5 Å². The van der Waals surface area contributed by atoms with Crippen LogP contribution in [-0.4, -0.2) is 64.6 Å². The highest BCUT2D eigenvalue weighted by Crippen LogP contribution is 2.45. The lowest BCUT2D eigenvalue weighted by molar-refractivity contribution is -0.145. The van der Waals surface area contributed by atoms with Crippen LogP contribution in [0.5, 0.6) is 11.5 Å². The average molecular weight is 424 g/mol. The summed E-state index contributed by atoms with van der Waals surface area (Å²) < 4.78 is 40.5. The molecule has 7 nitrogen and oxygen atoms in total. The van der Waals surface area contributed by atoms with E-state index in [9.17, 15) is 13.2 Å². The molecular weight excluding hydrogens is 394 g/mol. The summed E-state index contributed by atoms with van der Waals surface area (Å²) in [5.74, 6) is 1.59. The van der Waals surface area contributed by atoms with Gasteiger partial charge >= 0.3 is 0 Å². The zero-order chi connectivity index (χ0) is 20.6. The summed E-state index contributed by atoms with van der Waals surface area (Å²) in [5, 5.41) is 0. The second-order valence-corrected chi connectivity index (χ2v) is 10.5. The Balaban J connectivity index is 1.49. The van der Waals surface area contributed by atoms with Crippen LogP contribution in [0.1, 0.15) is 36.8 Å². The van der Waals surface area contributed by atoms with Crippen LogP contribution in [0, 0.1) is 5.92 Å². The predicted octanol–water partition coefficient (Wildman–Crippen LogP) is 1.92. The Bertz CT molecular complexity index is 875. The lowest BCUT2D eigenvalue weighted by Crippen LogP contribution is -2.50. The molecule has 8 heteroatoms. The summed E-state index contributed by atoms with van der Waals surface area (Å²) in [5.41, 5.74) is 1.95. The van der Waals surface area contributed by atoms with Gasteiger partial charge in [-0.3, -0.25) is 4.79 Å². The topological polar surface area (TPSA) is 82.1 Å². The third-order valence-electron chi connectivity index (χ3n) is 6.64. The molecule has 0 N–H and O–H groups in total. The fraction of sp³-hybridized carbons (Fsp3) is 0.667. The number of carbonyl (C=O) groups is 1. The van der Waals surface area contributed by atoms with Crippen molar-refractivity contribution in [1.82, 2.24) is 4.90 Å². The SMILES string of the molecule is COc1cc2c(cc1OC)C1(CCN(C(=O)C3CCS(=O)(=O)CC3)CC1)OCC2. The molecule has 3 aliphatic rings. The van der Waals surface area contributed by atoms with Gasteiger partial charge in [0.25, 0.3) is 0 Å². The first-order valence-corrected chi connectivity index (χ1v) is 12.1. The van der Waals surface area contributed by atoms with Gasteiger partial charge in [-0.2, -0.15) is 0 Å². The van der Waals surface area contributed by atoms with E-state index in [2.05, 4.69) is 0 Å². The van der Waals surface area contributed by atoms with Crippen LogP contribution >= 0.6 is 0 Å². The van der Waals surface area contributed by atoms with E-state index in [1.807, 2.05) is 17.0 Å². The summed E-state index contributed by atoms with van der Waals surface area (Å²) in [7, 11) is 0.309. The van der Waals surface area contributed by atoms with Crippen molar-refractivity contribution in [3.05, 3.63) is 23.3 Å². The molecule has 0 saturated carbocycles. The Morgan fingerprint density at radius 2 is 1.72 bits per heavy atom. The van der Waals surface area contributed by atoms with Crippen molar-refractivity contribution in [3.63, 3.8) is 0 Å². The van der Waals surface area contributed by atoms with Crippen LogP contribution in [0.25, 0.3) is 0 Å². The Hall–Kier alpha value is -1.80. The molecule has 1 aromatic rings. The Labute approximate surface area is 172 Å². The number of rotatable bonds is 3. The number of hydrogen-bond donors (Lipinski definition) is 0. The summed E-state index contributed by atoms with van der Waals surface area (Å²) in [4.78, 5) is 14.8. The number of ether oxygens (including phenoxy) is 3. The molecule has 0 radical (unpaired) electrons. The predicted molar refractivity (Wildman–Crippen MR) is 108 cm³/mol. The van der Waals surface area contributed by atoms with E-state index in [1.54, 1.807) is 14.2 Å². The maximum absolute atomic E-state index is 12.9. The lowest BCUT2D eigenvalue weighted by atomic mass is 9.79. The number of benzene rings is 1. The molecule has 2 saturated heterocycles. The maximum Gasteiger partial charge on any atom is 0.225 e. The molecule has 1 amide bonds. The van der Waals surface area contributed by atoms with E-state index in [0.717, 1.165) is 30.6 Å². The van der Waals surface area contributed by atoms with Crippen LogP contribution in [0.4, 0.5) is 0 Å². The van der Waals surface area contributed by atoms with Crippen LogP contribution in [0.15, 0.2) is 12.1 Å². The average Bonchev–Trinajstić information content (AvgIpc) is 2.73. The number of hydrogen-bond acceptors (Lipinski definition) is 6. The van der Waals surface area contributed by atoms with E-state index in [0.29, 0.717) is 38.3 Å². The van der Waals surface area contributed by atoms with E-state index < -0.39 is 15.4 Å². The quantitative estimate of drug-likeness (QED) is 0.739. The molecule has 1 spiro atoms. The standard InChI is InChI=1S/C21H29NO6S/c1-26-18-13-16-3-10-28-21(17(16)14-19(18)27-2)6-8-22(9-7-21)20(23)15-4-11-29(24,25)12-5-15/h13-15H,3-12H2,1-2H3. The van der Waals surface area contributed by atoms with Gasteiger partial charge < -0.3 is 19.1 Å². The van der Waals surface area contributed by atoms with E-state index in [1.165, 1.54) is 5.56 Å². The van der Waals surface area contributed by atoms with Crippen molar-refractivity contribution in [1.29, 1.82) is 0 Å². The summed E-state index contributed by atoms with van der Waals surface area (Å²) in [6.07, 6.45) is 3.17. The summed E-state index contributed by atoms with van der Waals surface area (Å²) in [6.45, 7) is 1.89. The molecule has 0 bridgehead atoms. The largest absolute Gasteiger partial charge is 0.493 e. The molecule has 0 atom stereocenters. The number of methoxy groups -OCH3 is 2. The second-order valence-electron chi connectivity index (χ2n) is 8.21. The van der Waals surface area contributed by atoms with Gasteiger partial charge in [-0.25, -0.2) is 8.42 Å². The third kappa shape index (κ3) is 3.84. The van der Waals surface area contributed by atoms with Gasteiger partial charge in [0.05, 0.1) is 37.9 Å². The van der Waals surface area contributed by atoms with Gasteiger partial charge in [0.1, 0.15) is 9.84 Å². The number of fused-ring (bicyclic) bond motifs is 2. The summed E-state index contributed by atoms with van der Waals surface area (Å²) >= 11 is 0. The van der Waals surface area contributed by atoms with Crippen LogP contribution in [-0.2, 0) is 31.4 Å². The summed E-state index contributed by atoms with van der Waals surface area (Å²) in [6, 6.07) is 4.06. The second kappa shape index (κ2) is 7.80. The van der Waals surface area contributed by atoms with Crippen molar-refractivity contribution < 1.29 is 27.4 Å². The van der Waals surface area contributed by atoms with Gasteiger partial charge in [0.2, 0.25) is 5.91 Å². The zero-order valence-electron chi connectivity index (χ0n) is 17.1. The molecule has 0 unspecified atom stereocenters. The van der Waals surface area contributed by atoms with Gasteiger partial charge in [-0.05, 0) is 55.4 Å².